The summed E-state index contributed by atoms with van der Waals surface area (Å²) in [5.41, 5.74) is 1.43. The SMILES string of the molecule is CC(C)CCOCCn1cc(CCC(C)(C)C)nn1. The predicted octanol–water partition coefficient (Wildman–Crippen LogP) is 3.32. The van der Waals surface area contributed by atoms with Crippen molar-refractivity contribution in [1.82, 2.24) is 15.0 Å². The van der Waals surface area contributed by atoms with Gasteiger partial charge in [0.05, 0.1) is 18.8 Å². The molecule has 0 aromatic carbocycles. The van der Waals surface area contributed by atoms with Gasteiger partial charge in [0, 0.05) is 12.8 Å². The van der Waals surface area contributed by atoms with Crippen LogP contribution in [0.2, 0.25) is 0 Å². The molecule has 1 aromatic rings. The van der Waals surface area contributed by atoms with Crippen LogP contribution in [-0.4, -0.2) is 28.2 Å². The number of hydrogen-bond acceptors (Lipinski definition) is 3. The average molecular weight is 267 g/mol. The quantitative estimate of drug-likeness (QED) is 0.678. The van der Waals surface area contributed by atoms with Crippen LogP contribution < -0.4 is 0 Å². The summed E-state index contributed by atoms with van der Waals surface area (Å²) < 4.78 is 7.47. The zero-order valence-corrected chi connectivity index (χ0v) is 13.1. The van der Waals surface area contributed by atoms with Crippen molar-refractivity contribution in [3.63, 3.8) is 0 Å². The molecule has 0 spiro atoms. The highest BCUT2D eigenvalue weighted by atomic mass is 16.5. The van der Waals surface area contributed by atoms with Gasteiger partial charge >= 0.3 is 0 Å². The van der Waals surface area contributed by atoms with Crippen LogP contribution in [0.3, 0.4) is 0 Å². The standard InChI is InChI=1S/C15H29N3O/c1-13(2)7-10-19-11-9-18-12-14(16-17-18)6-8-15(3,4)5/h12-13H,6-11H2,1-5H3. The van der Waals surface area contributed by atoms with Gasteiger partial charge in [-0.25, -0.2) is 4.68 Å². The fourth-order valence-corrected chi connectivity index (χ4v) is 1.64. The van der Waals surface area contributed by atoms with Crippen LogP contribution >= 0.6 is 0 Å². The minimum Gasteiger partial charge on any atom is -0.380 e. The second kappa shape index (κ2) is 7.63. The van der Waals surface area contributed by atoms with Gasteiger partial charge in [-0.2, -0.15) is 0 Å². The number of aromatic nitrogens is 3. The minimum absolute atomic E-state index is 0.351. The molecule has 0 saturated carbocycles. The Kier molecular flexibility index (Phi) is 6.49. The van der Waals surface area contributed by atoms with E-state index in [2.05, 4.69) is 44.9 Å². The van der Waals surface area contributed by atoms with Gasteiger partial charge < -0.3 is 4.74 Å². The maximum atomic E-state index is 5.58. The molecule has 1 rings (SSSR count). The molecule has 0 aliphatic carbocycles. The summed E-state index contributed by atoms with van der Waals surface area (Å²) in [4.78, 5) is 0. The van der Waals surface area contributed by atoms with Crippen molar-refractivity contribution < 1.29 is 4.74 Å². The Labute approximate surface area is 117 Å². The van der Waals surface area contributed by atoms with Crippen molar-refractivity contribution in [1.29, 1.82) is 0 Å². The first-order valence-electron chi connectivity index (χ1n) is 7.33. The Hall–Kier alpha value is -0.900. The highest BCUT2D eigenvalue weighted by Crippen LogP contribution is 2.20. The summed E-state index contributed by atoms with van der Waals surface area (Å²) in [6, 6.07) is 0. The highest BCUT2D eigenvalue weighted by molar-refractivity contribution is 4.93. The summed E-state index contributed by atoms with van der Waals surface area (Å²) in [6.45, 7) is 13.5. The van der Waals surface area contributed by atoms with Gasteiger partial charge in [-0.15, -0.1) is 5.10 Å². The zero-order chi connectivity index (χ0) is 14.3. The van der Waals surface area contributed by atoms with Crippen LogP contribution in [0.4, 0.5) is 0 Å². The topological polar surface area (TPSA) is 39.9 Å². The molecule has 0 unspecified atom stereocenters. The molecule has 1 aromatic heterocycles. The average Bonchev–Trinajstić information content (AvgIpc) is 2.72. The summed E-state index contributed by atoms with van der Waals surface area (Å²) in [6.07, 6.45) is 5.29. The van der Waals surface area contributed by atoms with Crippen molar-refractivity contribution in [2.75, 3.05) is 13.2 Å². The first-order valence-corrected chi connectivity index (χ1v) is 7.33. The van der Waals surface area contributed by atoms with Crippen LogP contribution in [0, 0.1) is 11.3 Å². The fraction of sp³-hybridized carbons (Fsp3) is 0.867. The second-order valence-electron chi connectivity index (χ2n) is 6.83. The number of hydrogen-bond donors (Lipinski definition) is 0. The van der Waals surface area contributed by atoms with Crippen molar-refractivity contribution in [2.24, 2.45) is 11.3 Å². The van der Waals surface area contributed by atoms with Crippen molar-refractivity contribution >= 4 is 0 Å². The Morgan fingerprint density at radius 2 is 2.00 bits per heavy atom. The van der Waals surface area contributed by atoms with E-state index >= 15 is 0 Å². The van der Waals surface area contributed by atoms with Gasteiger partial charge in [-0.3, -0.25) is 0 Å². The predicted molar refractivity (Wildman–Crippen MR) is 78.1 cm³/mol. The molecule has 110 valence electrons. The van der Waals surface area contributed by atoms with E-state index in [1.54, 1.807) is 0 Å². The maximum Gasteiger partial charge on any atom is 0.0827 e. The number of aryl methyl sites for hydroxylation is 1. The van der Waals surface area contributed by atoms with Crippen LogP contribution in [0.5, 0.6) is 0 Å². The lowest BCUT2D eigenvalue weighted by Gasteiger charge is -2.16. The summed E-state index contributed by atoms with van der Waals surface area (Å²) in [7, 11) is 0. The van der Waals surface area contributed by atoms with Gasteiger partial charge in [-0.1, -0.05) is 39.8 Å². The summed E-state index contributed by atoms with van der Waals surface area (Å²) in [5.74, 6) is 0.704. The van der Waals surface area contributed by atoms with E-state index in [4.69, 9.17) is 4.74 Å². The van der Waals surface area contributed by atoms with E-state index in [1.165, 1.54) is 0 Å². The zero-order valence-electron chi connectivity index (χ0n) is 13.1. The molecule has 0 saturated heterocycles. The van der Waals surface area contributed by atoms with E-state index < -0.39 is 0 Å². The molecule has 4 nitrogen and oxygen atoms in total. The lowest BCUT2D eigenvalue weighted by molar-refractivity contribution is 0.113. The largest absolute Gasteiger partial charge is 0.380 e. The molecule has 19 heavy (non-hydrogen) atoms. The third-order valence-electron chi connectivity index (χ3n) is 3.02. The van der Waals surface area contributed by atoms with Crippen molar-refractivity contribution in [3.05, 3.63) is 11.9 Å². The molecule has 1 heterocycles. The van der Waals surface area contributed by atoms with Gasteiger partial charge in [0.1, 0.15) is 0 Å². The fourth-order valence-electron chi connectivity index (χ4n) is 1.64. The number of rotatable bonds is 8. The number of nitrogens with zero attached hydrogens (tertiary/aromatic N) is 3. The third kappa shape index (κ3) is 7.98. The van der Waals surface area contributed by atoms with Gasteiger partial charge in [0.15, 0.2) is 0 Å². The van der Waals surface area contributed by atoms with E-state index in [9.17, 15) is 0 Å². The minimum atomic E-state index is 0.351. The third-order valence-corrected chi connectivity index (χ3v) is 3.02. The molecular formula is C15H29N3O. The normalized spacial score (nSPS) is 12.3. The van der Waals surface area contributed by atoms with Gasteiger partial charge in [0.2, 0.25) is 0 Å². The molecule has 0 bridgehead atoms. The van der Waals surface area contributed by atoms with Crippen LogP contribution in [0.25, 0.3) is 0 Å². The summed E-state index contributed by atoms with van der Waals surface area (Å²) >= 11 is 0. The Morgan fingerprint density at radius 1 is 1.26 bits per heavy atom. The lowest BCUT2D eigenvalue weighted by Crippen LogP contribution is -2.08. The molecule has 4 heteroatoms. The van der Waals surface area contributed by atoms with E-state index in [0.717, 1.165) is 44.7 Å². The molecule has 0 amide bonds. The second-order valence-corrected chi connectivity index (χ2v) is 6.83. The Morgan fingerprint density at radius 3 is 2.63 bits per heavy atom. The van der Waals surface area contributed by atoms with Crippen LogP contribution in [-0.2, 0) is 17.7 Å². The first kappa shape index (κ1) is 16.2. The highest BCUT2D eigenvalue weighted by Gasteiger charge is 2.11. The van der Waals surface area contributed by atoms with Crippen LogP contribution in [0.1, 0.15) is 53.2 Å². The number of ether oxygens (including phenoxy) is 1. The molecule has 0 radical (unpaired) electrons. The van der Waals surface area contributed by atoms with Gasteiger partial charge in [-0.05, 0) is 30.6 Å². The Bertz CT molecular complexity index is 353. The van der Waals surface area contributed by atoms with E-state index in [0.29, 0.717) is 11.3 Å². The maximum absolute atomic E-state index is 5.58. The molecular weight excluding hydrogens is 238 g/mol. The van der Waals surface area contributed by atoms with E-state index in [-0.39, 0.29) is 0 Å². The van der Waals surface area contributed by atoms with E-state index in [1.807, 2.05) is 10.9 Å². The molecule has 0 aliphatic heterocycles. The monoisotopic (exact) mass is 267 g/mol. The molecule has 0 atom stereocenters. The summed E-state index contributed by atoms with van der Waals surface area (Å²) in [5, 5.41) is 8.34. The van der Waals surface area contributed by atoms with Crippen LogP contribution in [0.15, 0.2) is 6.20 Å². The van der Waals surface area contributed by atoms with Gasteiger partial charge in [0.25, 0.3) is 0 Å². The molecule has 0 fully saturated rings. The Balaban J connectivity index is 2.20. The first-order chi connectivity index (χ1) is 8.87. The smallest absolute Gasteiger partial charge is 0.0827 e. The lowest BCUT2D eigenvalue weighted by atomic mass is 9.90. The van der Waals surface area contributed by atoms with Crippen molar-refractivity contribution in [2.45, 2.75) is 60.4 Å². The molecule has 0 N–H and O–H groups in total. The molecule has 0 aliphatic rings. The van der Waals surface area contributed by atoms with Crippen molar-refractivity contribution in [3.8, 4) is 0 Å².